The van der Waals surface area contributed by atoms with Crippen molar-refractivity contribution in [1.29, 1.82) is 0 Å². The van der Waals surface area contributed by atoms with E-state index in [0.29, 0.717) is 11.4 Å². The Bertz CT molecular complexity index is 849. The fraction of sp³-hybridized carbons (Fsp3) is 0.280. The number of benzene rings is 3. The molecule has 0 aliphatic heterocycles. The second-order valence-corrected chi connectivity index (χ2v) is 8.18. The minimum Gasteiger partial charge on any atom is -0.384 e. The van der Waals surface area contributed by atoms with Crippen molar-refractivity contribution in [2.45, 2.75) is 18.4 Å². The van der Waals surface area contributed by atoms with E-state index in [4.69, 9.17) is 11.6 Å². The third kappa shape index (κ3) is 5.23. The van der Waals surface area contributed by atoms with Gasteiger partial charge in [0.2, 0.25) is 0 Å². The van der Waals surface area contributed by atoms with Gasteiger partial charge in [-0.2, -0.15) is 0 Å². The summed E-state index contributed by atoms with van der Waals surface area (Å²) in [6.07, 6.45) is 1.35. The van der Waals surface area contributed by atoms with Gasteiger partial charge in [-0.1, -0.05) is 84.4 Å². The standard InChI is InChI=1S/C25H28ClNO/c1-27(2)19-23(17-20-9-5-3-6-10-20)25(28,18-21-11-7-4-8-12-21)22-13-15-24(26)16-14-22/h3-16,23,28H,17-19H2,1-2H3. The fourth-order valence-corrected chi connectivity index (χ4v) is 3.98. The van der Waals surface area contributed by atoms with E-state index < -0.39 is 5.60 Å². The van der Waals surface area contributed by atoms with Gasteiger partial charge in [-0.25, -0.2) is 0 Å². The highest BCUT2D eigenvalue weighted by molar-refractivity contribution is 6.30. The van der Waals surface area contributed by atoms with E-state index >= 15 is 0 Å². The number of nitrogens with zero attached hydrogens (tertiary/aromatic N) is 1. The molecule has 0 saturated heterocycles. The van der Waals surface area contributed by atoms with Crippen molar-refractivity contribution >= 4 is 11.6 Å². The SMILES string of the molecule is CN(C)CC(Cc1ccccc1)C(O)(Cc1ccccc1)c1ccc(Cl)cc1. The number of hydrogen-bond donors (Lipinski definition) is 1. The molecule has 0 spiro atoms. The second kappa shape index (κ2) is 9.38. The van der Waals surface area contributed by atoms with Crippen LogP contribution in [0.3, 0.4) is 0 Å². The molecule has 2 unspecified atom stereocenters. The summed E-state index contributed by atoms with van der Waals surface area (Å²) < 4.78 is 0. The molecule has 146 valence electrons. The van der Waals surface area contributed by atoms with Crippen molar-refractivity contribution < 1.29 is 5.11 Å². The third-order valence-corrected chi connectivity index (χ3v) is 5.50. The second-order valence-electron chi connectivity index (χ2n) is 7.74. The summed E-state index contributed by atoms with van der Waals surface area (Å²) in [6, 6.07) is 28.3. The molecule has 0 aromatic heterocycles. The molecule has 0 amide bonds. The van der Waals surface area contributed by atoms with Crippen molar-refractivity contribution in [3.05, 3.63) is 107 Å². The Morgan fingerprint density at radius 2 is 1.36 bits per heavy atom. The first-order chi connectivity index (χ1) is 13.5. The average molecular weight is 394 g/mol. The highest BCUT2D eigenvalue weighted by Gasteiger charge is 2.39. The predicted octanol–water partition coefficient (Wildman–Crippen LogP) is 5.19. The Kier molecular flexibility index (Phi) is 6.90. The molecular formula is C25H28ClNO. The van der Waals surface area contributed by atoms with Crippen molar-refractivity contribution in [2.75, 3.05) is 20.6 Å². The summed E-state index contributed by atoms with van der Waals surface area (Å²) in [6.45, 7) is 0.779. The van der Waals surface area contributed by atoms with E-state index in [9.17, 15) is 5.11 Å². The third-order valence-electron chi connectivity index (χ3n) is 5.25. The van der Waals surface area contributed by atoms with Gasteiger partial charge in [0.1, 0.15) is 0 Å². The molecule has 0 radical (unpaired) electrons. The highest BCUT2D eigenvalue weighted by Crippen LogP contribution is 2.36. The van der Waals surface area contributed by atoms with Crippen LogP contribution in [-0.4, -0.2) is 30.6 Å². The van der Waals surface area contributed by atoms with Crippen molar-refractivity contribution in [3.63, 3.8) is 0 Å². The Morgan fingerprint density at radius 3 is 1.89 bits per heavy atom. The van der Waals surface area contributed by atoms with E-state index in [-0.39, 0.29) is 5.92 Å². The number of hydrogen-bond acceptors (Lipinski definition) is 2. The molecule has 0 saturated carbocycles. The van der Waals surface area contributed by atoms with Crippen LogP contribution in [0.15, 0.2) is 84.9 Å². The summed E-state index contributed by atoms with van der Waals surface area (Å²) in [5.74, 6) is 0.0197. The van der Waals surface area contributed by atoms with Gasteiger partial charge in [-0.15, -0.1) is 0 Å². The molecule has 0 aliphatic rings. The van der Waals surface area contributed by atoms with E-state index in [1.165, 1.54) is 5.56 Å². The first-order valence-electron chi connectivity index (χ1n) is 9.68. The molecule has 3 heteroatoms. The highest BCUT2D eigenvalue weighted by atomic mass is 35.5. The van der Waals surface area contributed by atoms with Gasteiger partial charge in [0.15, 0.2) is 0 Å². The van der Waals surface area contributed by atoms with Crippen LogP contribution >= 0.6 is 11.6 Å². The summed E-state index contributed by atoms with van der Waals surface area (Å²) in [5.41, 5.74) is 2.25. The van der Waals surface area contributed by atoms with Crippen LogP contribution < -0.4 is 0 Å². The maximum Gasteiger partial charge on any atom is 0.0980 e. The molecule has 3 aromatic carbocycles. The molecule has 1 N–H and O–H groups in total. The maximum atomic E-state index is 12.1. The van der Waals surface area contributed by atoms with Crippen LogP contribution in [0.4, 0.5) is 0 Å². The predicted molar refractivity (Wildman–Crippen MR) is 118 cm³/mol. The minimum absolute atomic E-state index is 0.0197. The number of halogens is 1. The van der Waals surface area contributed by atoms with Crippen LogP contribution in [0, 0.1) is 5.92 Å². The van der Waals surface area contributed by atoms with Gasteiger partial charge < -0.3 is 10.0 Å². The number of aliphatic hydroxyl groups is 1. The lowest BCUT2D eigenvalue weighted by atomic mass is 9.74. The zero-order valence-electron chi connectivity index (χ0n) is 16.6. The lowest BCUT2D eigenvalue weighted by Crippen LogP contribution is -2.43. The summed E-state index contributed by atoms with van der Waals surface area (Å²) in [7, 11) is 4.12. The first kappa shape index (κ1) is 20.6. The van der Waals surface area contributed by atoms with Gasteiger partial charge >= 0.3 is 0 Å². The molecule has 0 aliphatic carbocycles. The lowest BCUT2D eigenvalue weighted by Gasteiger charge is -2.39. The molecule has 0 heterocycles. The Labute approximate surface area is 173 Å². The van der Waals surface area contributed by atoms with Crippen LogP contribution in [0.25, 0.3) is 0 Å². The smallest absolute Gasteiger partial charge is 0.0980 e. The number of rotatable bonds is 8. The Balaban J connectivity index is 2.03. The molecule has 28 heavy (non-hydrogen) atoms. The molecule has 3 aromatic rings. The molecule has 0 fully saturated rings. The maximum absolute atomic E-state index is 12.1. The van der Waals surface area contributed by atoms with Crippen molar-refractivity contribution in [3.8, 4) is 0 Å². The van der Waals surface area contributed by atoms with Gasteiger partial charge in [-0.3, -0.25) is 0 Å². The molecule has 3 rings (SSSR count). The normalized spacial score (nSPS) is 14.6. The van der Waals surface area contributed by atoms with Gasteiger partial charge in [-0.05, 0) is 49.3 Å². The van der Waals surface area contributed by atoms with Crippen molar-refractivity contribution in [1.82, 2.24) is 4.90 Å². The van der Waals surface area contributed by atoms with Crippen LogP contribution in [0.5, 0.6) is 0 Å². The lowest BCUT2D eigenvalue weighted by molar-refractivity contribution is -0.0330. The average Bonchev–Trinajstić information content (AvgIpc) is 2.69. The molecule has 0 bridgehead atoms. The van der Waals surface area contributed by atoms with E-state index in [1.54, 1.807) is 0 Å². The van der Waals surface area contributed by atoms with Crippen LogP contribution in [0.2, 0.25) is 5.02 Å². The van der Waals surface area contributed by atoms with E-state index in [1.807, 2.05) is 48.5 Å². The van der Waals surface area contributed by atoms with Gasteiger partial charge in [0.05, 0.1) is 5.60 Å². The fourth-order valence-electron chi connectivity index (χ4n) is 3.85. The quantitative estimate of drug-likeness (QED) is 0.569. The minimum atomic E-state index is -1.01. The topological polar surface area (TPSA) is 23.5 Å². The summed E-state index contributed by atoms with van der Waals surface area (Å²) in [4.78, 5) is 2.15. The van der Waals surface area contributed by atoms with E-state index in [2.05, 4.69) is 55.4 Å². The van der Waals surface area contributed by atoms with Gasteiger partial charge in [0, 0.05) is 23.9 Å². The monoisotopic (exact) mass is 393 g/mol. The Morgan fingerprint density at radius 1 is 0.821 bits per heavy atom. The first-order valence-corrected chi connectivity index (χ1v) is 10.1. The molecule has 2 nitrogen and oxygen atoms in total. The van der Waals surface area contributed by atoms with E-state index in [0.717, 1.165) is 24.1 Å². The Hall–Kier alpha value is -2.13. The zero-order chi connectivity index (χ0) is 20.0. The van der Waals surface area contributed by atoms with Gasteiger partial charge in [0.25, 0.3) is 0 Å². The molecule has 2 atom stereocenters. The summed E-state index contributed by atoms with van der Waals surface area (Å²) in [5, 5.41) is 12.8. The molecular weight excluding hydrogens is 366 g/mol. The largest absolute Gasteiger partial charge is 0.384 e. The zero-order valence-corrected chi connectivity index (χ0v) is 17.3. The van der Waals surface area contributed by atoms with Crippen LogP contribution in [0.1, 0.15) is 16.7 Å². The van der Waals surface area contributed by atoms with Crippen molar-refractivity contribution in [2.24, 2.45) is 5.92 Å². The summed E-state index contributed by atoms with van der Waals surface area (Å²) >= 11 is 6.13. The van der Waals surface area contributed by atoms with Crippen LogP contribution in [-0.2, 0) is 18.4 Å².